The first-order valence-electron chi connectivity index (χ1n) is 4.47. The average Bonchev–Trinajstić information content (AvgIpc) is 2.43. The van der Waals surface area contributed by atoms with Crippen molar-refractivity contribution in [1.29, 1.82) is 0 Å². The van der Waals surface area contributed by atoms with E-state index in [1.165, 1.54) is 17.7 Å². The van der Waals surface area contributed by atoms with Crippen LogP contribution in [0.5, 0.6) is 0 Å². The summed E-state index contributed by atoms with van der Waals surface area (Å²) in [5.41, 5.74) is 3.57. The summed E-state index contributed by atoms with van der Waals surface area (Å²) in [5.74, 6) is 0.590. The Morgan fingerprint density at radius 2 is 2.33 bits per heavy atom. The largest absolute Gasteiger partial charge is 0.253 e. The molecule has 0 fully saturated rings. The van der Waals surface area contributed by atoms with Gasteiger partial charge in [0.1, 0.15) is 0 Å². The van der Waals surface area contributed by atoms with Gasteiger partial charge in [0.05, 0.1) is 5.70 Å². The molecule has 0 amide bonds. The Hall–Kier alpha value is -1.11. The van der Waals surface area contributed by atoms with Crippen molar-refractivity contribution in [1.82, 2.24) is 0 Å². The summed E-state index contributed by atoms with van der Waals surface area (Å²) in [6.07, 6.45) is 9.99. The van der Waals surface area contributed by atoms with E-state index >= 15 is 0 Å². The van der Waals surface area contributed by atoms with Crippen LogP contribution < -0.4 is 0 Å². The van der Waals surface area contributed by atoms with Gasteiger partial charge in [-0.1, -0.05) is 25.2 Å². The fourth-order valence-electron chi connectivity index (χ4n) is 1.59. The van der Waals surface area contributed by atoms with Crippen molar-refractivity contribution >= 4 is 5.71 Å². The highest BCUT2D eigenvalue weighted by Crippen LogP contribution is 2.27. The Kier molecular flexibility index (Phi) is 1.72. The fraction of sp³-hybridized carbons (Fsp3) is 0.364. The SMILES string of the molecule is CCC1C=CC2=CC(C)=NC2=C1. The molecule has 1 nitrogen and oxygen atoms in total. The zero-order valence-electron chi connectivity index (χ0n) is 7.54. The summed E-state index contributed by atoms with van der Waals surface area (Å²) in [6, 6.07) is 0. The van der Waals surface area contributed by atoms with Gasteiger partial charge in [0.25, 0.3) is 0 Å². The Morgan fingerprint density at radius 1 is 1.50 bits per heavy atom. The molecule has 1 aliphatic heterocycles. The van der Waals surface area contributed by atoms with E-state index in [1.807, 2.05) is 6.92 Å². The highest BCUT2D eigenvalue weighted by Gasteiger charge is 2.14. The van der Waals surface area contributed by atoms with Gasteiger partial charge in [0.2, 0.25) is 0 Å². The summed E-state index contributed by atoms with van der Waals surface area (Å²) >= 11 is 0. The van der Waals surface area contributed by atoms with Gasteiger partial charge in [-0.05, 0) is 25.3 Å². The smallest absolute Gasteiger partial charge is 0.0671 e. The number of hydrogen-bond acceptors (Lipinski definition) is 1. The lowest BCUT2D eigenvalue weighted by Crippen LogP contribution is -1.96. The second kappa shape index (κ2) is 2.74. The Bertz CT molecular complexity index is 316. The third-order valence-electron chi connectivity index (χ3n) is 2.32. The Labute approximate surface area is 73.2 Å². The summed E-state index contributed by atoms with van der Waals surface area (Å²) in [5, 5.41) is 0. The van der Waals surface area contributed by atoms with Crippen LogP contribution in [-0.2, 0) is 0 Å². The highest BCUT2D eigenvalue weighted by atomic mass is 14.8. The van der Waals surface area contributed by atoms with E-state index in [-0.39, 0.29) is 0 Å². The van der Waals surface area contributed by atoms with Crippen LogP contribution in [0.15, 0.2) is 40.6 Å². The quantitative estimate of drug-likeness (QED) is 0.558. The molecule has 0 aromatic rings. The molecular formula is C11H13N. The maximum absolute atomic E-state index is 4.44. The van der Waals surface area contributed by atoms with Crippen molar-refractivity contribution in [2.24, 2.45) is 10.9 Å². The first-order valence-corrected chi connectivity index (χ1v) is 4.47. The average molecular weight is 159 g/mol. The van der Waals surface area contributed by atoms with Gasteiger partial charge in [-0.15, -0.1) is 0 Å². The molecule has 0 radical (unpaired) electrons. The van der Waals surface area contributed by atoms with Gasteiger partial charge in [0.15, 0.2) is 0 Å². The molecule has 62 valence electrons. The maximum Gasteiger partial charge on any atom is 0.0671 e. The van der Waals surface area contributed by atoms with Crippen molar-refractivity contribution in [3.05, 3.63) is 35.6 Å². The first-order chi connectivity index (χ1) is 5.79. The monoisotopic (exact) mass is 159 g/mol. The molecule has 0 saturated heterocycles. The minimum atomic E-state index is 0.590. The maximum atomic E-state index is 4.44. The normalized spacial score (nSPS) is 26.2. The van der Waals surface area contributed by atoms with E-state index < -0.39 is 0 Å². The second-order valence-corrected chi connectivity index (χ2v) is 3.34. The van der Waals surface area contributed by atoms with Crippen LogP contribution in [0.3, 0.4) is 0 Å². The zero-order valence-corrected chi connectivity index (χ0v) is 7.54. The minimum absolute atomic E-state index is 0.590. The molecule has 1 heteroatoms. The number of allylic oxidation sites excluding steroid dienone is 4. The molecule has 0 aromatic carbocycles. The molecule has 0 bridgehead atoms. The lowest BCUT2D eigenvalue weighted by Gasteiger charge is -2.10. The van der Waals surface area contributed by atoms with E-state index in [0.717, 1.165) is 5.71 Å². The third-order valence-corrected chi connectivity index (χ3v) is 2.32. The summed E-state index contributed by atoms with van der Waals surface area (Å²) in [7, 11) is 0. The Balaban J connectivity index is 2.32. The molecule has 0 spiro atoms. The Morgan fingerprint density at radius 3 is 3.08 bits per heavy atom. The van der Waals surface area contributed by atoms with Crippen LogP contribution in [0.2, 0.25) is 0 Å². The number of fused-ring (bicyclic) bond motifs is 1. The van der Waals surface area contributed by atoms with E-state index in [4.69, 9.17) is 0 Å². The van der Waals surface area contributed by atoms with Crippen molar-refractivity contribution < 1.29 is 0 Å². The van der Waals surface area contributed by atoms with Crippen LogP contribution in [0, 0.1) is 5.92 Å². The summed E-state index contributed by atoms with van der Waals surface area (Å²) < 4.78 is 0. The lowest BCUT2D eigenvalue weighted by molar-refractivity contribution is 0.761. The molecule has 2 rings (SSSR count). The van der Waals surface area contributed by atoms with Crippen LogP contribution in [-0.4, -0.2) is 5.71 Å². The van der Waals surface area contributed by atoms with E-state index in [0.29, 0.717) is 5.92 Å². The number of rotatable bonds is 1. The highest BCUT2D eigenvalue weighted by molar-refractivity contribution is 5.98. The molecule has 1 unspecified atom stereocenters. The van der Waals surface area contributed by atoms with Crippen LogP contribution in [0.1, 0.15) is 20.3 Å². The summed E-state index contributed by atoms with van der Waals surface area (Å²) in [4.78, 5) is 4.44. The predicted molar refractivity (Wildman–Crippen MR) is 52.2 cm³/mol. The van der Waals surface area contributed by atoms with E-state index in [2.05, 4.69) is 36.2 Å². The van der Waals surface area contributed by atoms with Crippen molar-refractivity contribution in [3.8, 4) is 0 Å². The van der Waals surface area contributed by atoms with Crippen molar-refractivity contribution in [2.75, 3.05) is 0 Å². The van der Waals surface area contributed by atoms with Crippen molar-refractivity contribution in [3.63, 3.8) is 0 Å². The minimum Gasteiger partial charge on any atom is -0.253 e. The van der Waals surface area contributed by atoms with Crippen LogP contribution >= 0.6 is 0 Å². The van der Waals surface area contributed by atoms with Gasteiger partial charge in [0, 0.05) is 11.3 Å². The number of hydrogen-bond donors (Lipinski definition) is 0. The molecular weight excluding hydrogens is 146 g/mol. The van der Waals surface area contributed by atoms with E-state index in [9.17, 15) is 0 Å². The predicted octanol–water partition coefficient (Wildman–Crippen LogP) is 2.87. The fourth-order valence-corrected chi connectivity index (χ4v) is 1.59. The third kappa shape index (κ3) is 1.15. The second-order valence-electron chi connectivity index (χ2n) is 3.34. The zero-order chi connectivity index (χ0) is 8.55. The van der Waals surface area contributed by atoms with Crippen molar-refractivity contribution in [2.45, 2.75) is 20.3 Å². The number of nitrogens with zero attached hydrogens (tertiary/aromatic N) is 1. The number of aliphatic imine (C=N–C) groups is 1. The van der Waals surface area contributed by atoms with Gasteiger partial charge < -0.3 is 0 Å². The molecule has 1 atom stereocenters. The molecule has 0 N–H and O–H groups in total. The van der Waals surface area contributed by atoms with Gasteiger partial charge in [-0.2, -0.15) is 0 Å². The summed E-state index contributed by atoms with van der Waals surface area (Å²) in [6.45, 7) is 4.24. The van der Waals surface area contributed by atoms with E-state index in [1.54, 1.807) is 0 Å². The lowest BCUT2D eigenvalue weighted by atomic mass is 9.96. The molecule has 0 saturated carbocycles. The molecule has 1 heterocycles. The molecule has 12 heavy (non-hydrogen) atoms. The van der Waals surface area contributed by atoms with Gasteiger partial charge in [-0.3, -0.25) is 4.99 Å². The first kappa shape index (κ1) is 7.53. The van der Waals surface area contributed by atoms with Crippen LogP contribution in [0.25, 0.3) is 0 Å². The topological polar surface area (TPSA) is 12.4 Å². The molecule has 2 aliphatic rings. The standard InChI is InChI=1S/C11H13N/c1-3-9-4-5-10-6-8(2)12-11(10)7-9/h4-7,9H,3H2,1-2H3. The van der Waals surface area contributed by atoms with Gasteiger partial charge >= 0.3 is 0 Å². The van der Waals surface area contributed by atoms with Gasteiger partial charge in [-0.25, -0.2) is 0 Å². The molecule has 1 aliphatic carbocycles. The molecule has 0 aromatic heterocycles. The van der Waals surface area contributed by atoms with Crippen LogP contribution in [0.4, 0.5) is 0 Å².